The molecule has 0 fully saturated rings. The number of carbonyl (C=O) groups is 1. The van der Waals surface area contributed by atoms with Gasteiger partial charge in [-0.2, -0.15) is 0 Å². The number of para-hydroxylation sites is 1. The van der Waals surface area contributed by atoms with Crippen molar-refractivity contribution in [1.29, 1.82) is 0 Å². The van der Waals surface area contributed by atoms with Crippen LogP contribution >= 0.6 is 11.3 Å². The molecular formula is C45H52IrNO3S-. The van der Waals surface area contributed by atoms with Gasteiger partial charge in [-0.3, -0.25) is 9.78 Å². The van der Waals surface area contributed by atoms with Crippen LogP contribution in [-0.4, -0.2) is 15.9 Å². The molecule has 0 unspecified atom stereocenters. The van der Waals surface area contributed by atoms with Crippen molar-refractivity contribution >= 4 is 48.9 Å². The summed E-state index contributed by atoms with van der Waals surface area (Å²) in [6, 6.07) is 27.1. The summed E-state index contributed by atoms with van der Waals surface area (Å²) in [6.07, 6.45) is 6.67. The average molecular weight is 879 g/mol. The van der Waals surface area contributed by atoms with E-state index in [1.165, 1.54) is 32.2 Å². The Morgan fingerprint density at radius 2 is 1.45 bits per heavy atom. The minimum absolute atomic E-state index is 0. The third-order valence-electron chi connectivity index (χ3n) is 10.9. The second kappa shape index (κ2) is 16.0. The number of aliphatic hydroxyl groups is 1. The summed E-state index contributed by atoms with van der Waals surface area (Å²) in [5.74, 6) is 1.23. The number of rotatable bonds is 9. The van der Waals surface area contributed by atoms with Crippen LogP contribution in [0.15, 0.2) is 89.2 Å². The molecule has 0 atom stereocenters. The van der Waals surface area contributed by atoms with Gasteiger partial charge in [0, 0.05) is 69.4 Å². The Bertz CT molecular complexity index is 2170. The number of aliphatic hydroxyl groups excluding tert-OH is 1. The van der Waals surface area contributed by atoms with Crippen LogP contribution in [0.2, 0.25) is 0 Å². The first-order valence-electron chi connectivity index (χ1n) is 18.0. The van der Waals surface area contributed by atoms with Crippen molar-refractivity contribution in [1.82, 2.24) is 4.98 Å². The molecule has 0 spiro atoms. The zero-order valence-corrected chi connectivity index (χ0v) is 35.0. The van der Waals surface area contributed by atoms with E-state index in [0.29, 0.717) is 0 Å². The number of furan rings is 1. The van der Waals surface area contributed by atoms with E-state index in [1.807, 2.05) is 66.8 Å². The van der Waals surface area contributed by atoms with E-state index in [0.717, 1.165) is 64.4 Å². The molecule has 0 bridgehead atoms. The standard InChI is InChI=1S/C30H24NOS.C15H28O2.Ir/c1-18-28(22-11-7-8-12-25(22)32-18)27-17-23-26(33-27)13-14-31-29(23)20-15-19-9-5-6-10-21(19)24(16-20)30(2,3)4;1-7-14(5,8-2)12(16)11-13(17)15(6,9-3)10-4;/h5-14,16-17H,1-4H3;11,16H,7-10H2,1-6H3;/q-1;;/b;12-11-;. The van der Waals surface area contributed by atoms with E-state index in [-0.39, 0.29) is 47.9 Å². The third kappa shape index (κ3) is 8.09. The molecule has 3 aromatic carbocycles. The molecule has 6 aromatic rings. The SMILES string of the molecule is CCC(C)(CC)C(=O)/C=C(\O)C(C)(CC)CC.Cc1oc2ccccc2c1-c1cc2c(-c3[c-]c4ccccc4c(C(C)(C)C)c3)nccc2s1.[Ir]. The maximum atomic E-state index is 12.2. The van der Waals surface area contributed by atoms with Crippen LogP contribution in [0.5, 0.6) is 0 Å². The Morgan fingerprint density at radius 3 is 2.08 bits per heavy atom. The Kier molecular flexibility index (Phi) is 12.6. The molecule has 6 heteroatoms. The largest absolute Gasteiger partial charge is 0.512 e. The van der Waals surface area contributed by atoms with Gasteiger partial charge in [0.25, 0.3) is 0 Å². The van der Waals surface area contributed by atoms with Gasteiger partial charge < -0.3 is 9.52 Å². The molecule has 1 N–H and O–H groups in total. The molecule has 0 aliphatic rings. The molecule has 51 heavy (non-hydrogen) atoms. The van der Waals surface area contributed by atoms with Crippen LogP contribution in [0, 0.1) is 23.8 Å². The summed E-state index contributed by atoms with van der Waals surface area (Å²) in [5.41, 5.74) is 4.87. The van der Waals surface area contributed by atoms with Crippen molar-refractivity contribution in [2.75, 3.05) is 0 Å². The number of nitrogens with zero attached hydrogens (tertiary/aromatic N) is 1. The number of aryl methyl sites for hydroxylation is 1. The second-order valence-corrected chi connectivity index (χ2v) is 16.1. The molecule has 0 amide bonds. The van der Waals surface area contributed by atoms with E-state index in [4.69, 9.17) is 9.40 Å². The molecule has 3 aromatic heterocycles. The Balaban J connectivity index is 0.000000279. The number of thiophene rings is 1. The molecule has 4 nitrogen and oxygen atoms in total. The molecule has 3 heterocycles. The first-order chi connectivity index (χ1) is 23.7. The minimum Gasteiger partial charge on any atom is -0.512 e. The van der Waals surface area contributed by atoms with E-state index in [9.17, 15) is 9.90 Å². The second-order valence-electron chi connectivity index (χ2n) is 15.0. The summed E-state index contributed by atoms with van der Waals surface area (Å²) >= 11 is 1.79. The number of carbonyl (C=O) groups excluding carboxylic acids is 1. The normalized spacial score (nSPS) is 12.5. The van der Waals surface area contributed by atoms with E-state index in [1.54, 1.807) is 11.3 Å². The zero-order valence-electron chi connectivity index (χ0n) is 31.8. The number of ketones is 1. The Morgan fingerprint density at radius 1 is 0.843 bits per heavy atom. The summed E-state index contributed by atoms with van der Waals surface area (Å²) < 4.78 is 7.27. The number of fused-ring (bicyclic) bond motifs is 3. The van der Waals surface area contributed by atoms with E-state index < -0.39 is 0 Å². The Labute approximate surface area is 321 Å². The molecule has 0 saturated heterocycles. The van der Waals surface area contributed by atoms with Gasteiger partial charge in [-0.1, -0.05) is 110 Å². The molecule has 1 radical (unpaired) electrons. The van der Waals surface area contributed by atoms with Crippen LogP contribution in [0.1, 0.15) is 99.3 Å². The number of hydrogen-bond acceptors (Lipinski definition) is 5. The van der Waals surface area contributed by atoms with Crippen LogP contribution in [0.4, 0.5) is 0 Å². The van der Waals surface area contributed by atoms with Crippen LogP contribution in [-0.2, 0) is 30.3 Å². The van der Waals surface area contributed by atoms with Crippen LogP contribution in [0.3, 0.4) is 0 Å². The van der Waals surface area contributed by atoms with Crippen molar-refractivity contribution in [3.8, 4) is 21.7 Å². The maximum absolute atomic E-state index is 12.2. The van der Waals surface area contributed by atoms with Crippen LogP contribution < -0.4 is 0 Å². The average Bonchev–Trinajstić information content (AvgIpc) is 3.69. The quantitative estimate of drug-likeness (QED) is 0.0893. The van der Waals surface area contributed by atoms with Gasteiger partial charge in [0.2, 0.25) is 0 Å². The summed E-state index contributed by atoms with van der Waals surface area (Å²) in [4.78, 5) is 18.2. The first-order valence-corrected chi connectivity index (χ1v) is 18.8. The Hall–Kier alpha value is -3.57. The van der Waals surface area contributed by atoms with Crippen molar-refractivity contribution < 1.29 is 34.4 Å². The van der Waals surface area contributed by atoms with Crippen molar-refractivity contribution in [2.24, 2.45) is 10.8 Å². The molecule has 0 aliphatic carbocycles. The fraction of sp³-hybridized carbons (Fsp3) is 0.378. The molecule has 6 rings (SSSR count). The van der Waals surface area contributed by atoms with Gasteiger partial charge in [-0.25, -0.2) is 0 Å². The van der Waals surface area contributed by atoms with Gasteiger partial charge in [0.15, 0.2) is 5.78 Å². The van der Waals surface area contributed by atoms with Crippen molar-refractivity contribution in [3.63, 3.8) is 0 Å². The smallest absolute Gasteiger partial charge is 0.164 e. The van der Waals surface area contributed by atoms with E-state index in [2.05, 4.69) is 81.4 Å². The van der Waals surface area contributed by atoms with Crippen molar-refractivity contribution in [2.45, 2.75) is 100 Å². The minimum atomic E-state index is -0.337. The number of aromatic nitrogens is 1. The number of benzene rings is 3. The van der Waals surface area contributed by atoms with Gasteiger partial charge >= 0.3 is 0 Å². The summed E-state index contributed by atoms with van der Waals surface area (Å²) in [5, 5.41) is 14.8. The number of allylic oxidation sites excluding steroid dienone is 2. The van der Waals surface area contributed by atoms with E-state index >= 15 is 0 Å². The molecule has 0 saturated carbocycles. The predicted octanol–water partition coefficient (Wildman–Crippen LogP) is 13.6. The first kappa shape index (κ1) is 40.2. The fourth-order valence-electron chi connectivity index (χ4n) is 6.44. The fourth-order valence-corrected chi connectivity index (χ4v) is 7.60. The number of hydrogen-bond donors (Lipinski definition) is 1. The predicted molar refractivity (Wildman–Crippen MR) is 213 cm³/mol. The van der Waals surface area contributed by atoms with Crippen molar-refractivity contribution in [3.05, 3.63) is 102 Å². The molecule has 271 valence electrons. The van der Waals surface area contributed by atoms with Gasteiger partial charge in [-0.15, -0.1) is 40.5 Å². The molecule has 0 aliphatic heterocycles. The number of pyridine rings is 1. The van der Waals surface area contributed by atoms with Gasteiger partial charge in [0.05, 0.1) is 0 Å². The third-order valence-corrected chi connectivity index (χ3v) is 12.0. The summed E-state index contributed by atoms with van der Waals surface area (Å²) in [7, 11) is 0. The molecular weight excluding hydrogens is 827 g/mol. The van der Waals surface area contributed by atoms with Gasteiger partial charge in [0.1, 0.15) is 17.1 Å². The summed E-state index contributed by atoms with van der Waals surface area (Å²) in [6.45, 7) is 20.9. The maximum Gasteiger partial charge on any atom is 0.164 e. The van der Waals surface area contributed by atoms with Crippen LogP contribution in [0.25, 0.3) is 53.5 Å². The topological polar surface area (TPSA) is 63.3 Å². The monoisotopic (exact) mass is 879 g/mol. The zero-order chi connectivity index (χ0) is 36.4. The van der Waals surface area contributed by atoms with Gasteiger partial charge in [-0.05, 0) is 61.6 Å².